The molecule has 3 rings (SSSR count). The van der Waals surface area contributed by atoms with Crippen LogP contribution in [0.5, 0.6) is 0 Å². The predicted octanol–water partition coefficient (Wildman–Crippen LogP) is 4.33. The summed E-state index contributed by atoms with van der Waals surface area (Å²) in [5.41, 5.74) is 0.883. The highest BCUT2D eigenvalue weighted by molar-refractivity contribution is 7.22. The van der Waals surface area contributed by atoms with E-state index in [0.29, 0.717) is 15.3 Å². The number of aromatic nitrogens is 1. The van der Waals surface area contributed by atoms with Gasteiger partial charge in [-0.2, -0.15) is 0 Å². The third kappa shape index (κ3) is 2.60. The van der Waals surface area contributed by atoms with Crippen LogP contribution in [0.3, 0.4) is 0 Å². The number of halogens is 3. The molecule has 0 fully saturated rings. The van der Waals surface area contributed by atoms with Crippen LogP contribution in [0.25, 0.3) is 10.2 Å². The van der Waals surface area contributed by atoms with Crippen molar-refractivity contribution in [3.63, 3.8) is 0 Å². The van der Waals surface area contributed by atoms with Crippen molar-refractivity contribution >= 4 is 26.7 Å². The van der Waals surface area contributed by atoms with E-state index in [1.807, 2.05) is 0 Å². The fourth-order valence-electron chi connectivity index (χ4n) is 1.82. The molecule has 0 atom stereocenters. The lowest BCUT2D eigenvalue weighted by Crippen LogP contribution is -2.01. The van der Waals surface area contributed by atoms with Crippen LogP contribution in [0.2, 0.25) is 0 Å². The van der Waals surface area contributed by atoms with Gasteiger partial charge in [0.2, 0.25) is 0 Å². The Hall–Kier alpha value is -2.08. The highest BCUT2D eigenvalue weighted by atomic mass is 32.1. The van der Waals surface area contributed by atoms with Gasteiger partial charge in [0.15, 0.2) is 5.13 Å². The Morgan fingerprint density at radius 3 is 2.60 bits per heavy atom. The predicted molar refractivity (Wildman–Crippen MR) is 73.3 cm³/mol. The summed E-state index contributed by atoms with van der Waals surface area (Å²) in [7, 11) is 0. The van der Waals surface area contributed by atoms with Gasteiger partial charge in [0.05, 0.1) is 10.2 Å². The molecule has 0 aliphatic rings. The van der Waals surface area contributed by atoms with Gasteiger partial charge < -0.3 is 5.32 Å². The zero-order chi connectivity index (χ0) is 14.1. The first-order chi connectivity index (χ1) is 9.61. The average Bonchev–Trinajstić information content (AvgIpc) is 2.81. The third-order valence-electron chi connectivity index (χ3n) is 2.79. The molecular formula is C14H9F3N2S. The lowest BCUT2D eigenvalue weighted by Gasteiger charge is -2.04. The number of anilines is 1. The molecule has 0 saturated heterocycles. The number of nitrogens with one attached hydrogen (secondary N) is 1. The Kier molecular flexibility index (Phi) is 3.31. The topological polar surface area (TPSA) is 24.9 Å². The van der Waals surface area contributed by atoms with Crippen molar-refractivity contribution in [1.82, 2.24) is 4.98 Å². The fraction of sp³-hybridized carbons (Fsp3) is 0.0714. The number of fused-ring (bicyclic) bond motifs is 1. The average molecular weight is 294 g/mol. The Morgan fingerprint density at radius 2 is 1.75 bits per heavy atom. The number of rotatable bonds is 3. The molecule has 0 saturated carbocycles. The second-order valence-electron chi connectivity index (χ2n) is 4.22. The summed E-state index contributed by atoms with van der Waals surface area (Å²) in [6.45, 7) is 0.117. The van der Waals surface area contributed by atoms with E-state index in [4.69, 9.17) is 0 Å². The van der Waals surface area contributed by atoms with Crippen LogP contribution in [0.1, 0.15) is 5.56 Å². The minimum Gasteiger partial charge on any atom is -0.357 e. The van der Waals surface area contributed by atoms with Crippen molar-refractivity contribution in [3.05, 3.63) is 59.4 Å². The van der Waals surface area contributed by atoms with E-state index >= 15 is 0 Å². The van der Waals surface area contributed by atoms with Gasteiger partial charge in [-0.15, -0.1) is 0 Å². The molecule has 102 valence electrons. The smallest absolute Gasteiger partial charge is 0.184 e. The lowest BCUT2D eigenvalue weighted by atomic mass is 10.2. The normalized spacial score (nSPS) is 10.9. The maximum absolute atomic E-state index is 13.5. The highest BCUT2D eigenvalue weighted by Gasteiger charge is 2.07. The van der Waals surface area contributed by atoms with Gasteiger partial charge in [-0.05, 0) is 36.4 Å². The van der Waals surface area contributed by atoms with Gasteiger partial charge in [-0.3, -0.25) is 0 Å². The van der Waals surface area contributed by atoms with Crippen molar-refractivity contribution in [2.75, 3.05) is 5.32 Å². The van der Waals surface area contributed by atoms with E-state index in [2.05, 4.69) is 10.3 Å². The van der Waals surface area contributed by atoms with E-state index in [0.717, 1.165) is 18.2 Å². The minimum absolute atomic E-state index is 0.117. The van der Waals surface area contributed by atoms with Crippen LogP contribution >= 0.6 is 11.3 Å². The number of nitrogens with zero attached hydrogens (tertiary/aromatic N) is 1. The standard InChI is InChI=1S/C14H9F3N2S/c15-9-1-3-11(17)8(5-9)7-18-14-19-12-4-2-10(16)6-13(12)20-14/h1-6H,7H2,(H,18,19). The second-order valence-corrected chi connectivity index (χ2v) is 5.25. The second kappa shape index (κ2) is 5.13. The molecule has 20 heavy (non-hydrogen) atoms. The van der Waals surface area contributed by atoms with Crippen LogP contribution < -0.4 is 5.32 Å². The van der Waals surface area contributed by atoms with E-state index in [-0.39, 0.29) is 17.9 Å². The Labute approximate surface area is 116 Å². The summed E-state index contributed by atoms with van der Waals surface area (Å²) in [6.07, 6.45) is 0. The Bertz CT molecular complexity index is 770. The fourth-order valence-corrected chi connectivity index (χ4v) is 2.71. The molecule has 1 aromatic heterocycles. The van der Waals surface area contributed by atoms with Crippen molar-refractivity contribution < 1.29 is 13.2 Å². The van der Waals surface area contributed by atoms with Crippen LogP contribution in [-0.2, 0) is 6.54 Å². The lowest BCUT2D eigenvalue weighted by molar-refractivity contribution is 0.587. The first-order valence-corrected chi connectivity index (χ1v) is 6.67. The minimum atomic E-state index is -0.491. The van der Waals surface area contributed by atoms with Crippen molar-refractivity contribution in [2.24, 2.45) is 0 Å². The maximum Gasteiger partial charge on any atom is 0.184 e. The summed E-state index contributed by atoms with van der Waals surface area (Å²) >= 11 is 1.26. The molecule has 0 spiro atoms. The van der Waals surface area contributed by atoms with E-state index in [1.54, 1.807) is 6.07 Å². The van der Waals surface area contributed by atoms with Gasteiger partial charge in [0.25, 0.3) is 0 Å². The number of hydrogen-bond donors (Lipinski definition) is 1. The van der Waals surface area contributed by atoms with Gasteiger partial charge in [0, 0.05) is 12.1 Å². The first-order valence-electron chi connectivity index (χ1n) is 5.86. The summed E-state index contributed by atoms with van der Waals surface area (Å²) in [5.74, 6) is -1.30. The number of benzene rings is 2. The SMILES string of the molecule is Fc1ccc(F)c(CNc2nc3ccc(F)cc3s2)c1. The van der Waals surface area contributed by atoms with Crippen molar-refractivity contribution in [1.29, 1.82) is 0 Å². The summed E-state index contributed by atoms with van der Waals surface area (Å²) < 4.78 is 40.3. The third-order valence-corrected chi connectivity index (χ3v) is 3.76. The molecule has 2 nitrogen and oxygen atoms in total. The van der Waals surface area contributed by atoms with Crippen LogP contribution in [0.15, 0.2) is 36.4 Å². The molecular weight excluding hydrogens is 285 g/mol. The van der Waals surface area contributed by atoms with E-state index in [9.17, 15) is 13.2 Å². The molecule has 0 amide bonds. The van der Waals surface area contributed by atoms with Gasteiger partial charge in [-0.1, -0.05) is 11.3 Å². The van der Waals surface area contributed by atoms with Gasteiger partial charge in [0.1, 0.15) is 17.5 Å². The van der Waals surface area contributed by atoms with Crippen molar-refractivity contribution in [2.45, 2.75) is 6.54 Å². The quantitative estimate of drug-likeness (QED) is 0.778. The monoisotopic (exact) mass is 294 g/mol. The zero-order valence-corrected chi connectivity index (χ0v) is 11.0. The molecule has 6 heteroatoms. The first kappa shape index (κ1) is 12.9. The molecule has 1 heterocycles. The molecule has 0 aliphatic heterocycles. The van der Waals surface area contributed by atoms with Gasteiger partial charge in [-0.25, -0.2) is 18.2 Å². The van der Waals surface area contributed by atoms with Crippen LogP contribution in [0, 0.1) is 17.5 Å². The zero-order valence-electron chi connectivity index (χ0n) is 10.2. The van der Waals surface area contributed by atoms with Crippen molar-refractivity contribution in [3.8, 4) is 0 Å². The van der Waals surface area contributed by atoms with E-state index in [1.165, 1.54) is 23.5 Å². The van der Waals surface area contributed by atoms with Gasteiger partial charge >= 0.3 is 0 Å². The Morgan fingerprint density at radius 1 is 1.00 bits per heavy atom. The summed E-state index contributed by atoms with van der Waals surface area (Å²) in [4.78, 5) is 4.25. The Balaban J connectivity index is 1.81. The number of hydrogen-bond acceptors (Lipinski definition) is 3. The summed E-state index contributed by atoms with van der Waals surface area (Å²) in [5, 5.41) is 3.45. The molecule has 1 N–H and O–H groups in total. The molecule has 0 bridgehead atoms. The molecule has 0 radical (unpaired) electrons. The van der Waals surface area contributed by atoms with Crippen LogP contribution in [0.4, 0.5) is 18.3 Å². The maximum atomic E-state index is 13.5. The molecule has 0 aliphatic carbocycles. The molecule has 2 aromatic carbocycles. The van der Waals surface area contributed by atoms with E-state index < -0.39 is 11.6 Å². The van der Waals surface area contributed by atoms with Crippen LogP contribution in [-0.4, -0.2) is 4.98 Å². The molecule has 3 aromatic rings. The summed E-state index contributed by atoms with van der Waals surface area (Å²) in [6, 6.07) is 7.59. The highest BCUT2D eigenvalue weighted by Crippen LogP contribution is 2.27. The molecule has 0 unspecified atom stereocenters. The number of thiazole rings is 1. The largest absolute Gasteiger partial charge is 0.357 e.